The molecule has 3 heterocycles. The number of rotatable bonds is 4. The fourth-order valence-corrected chi connectivity index (χ4v) is 4.17. The number of hydrogen-bond acceptors (Lipinski definition) is 5. The van der Waals surface area contributed by atoms with E-state index in [1.165, 1.54) is 4.68 Å². The smallest absolute Gasteiger partial charge is 0.263 e. The maximum absolute atomic E-state index is 13.1. The van der Waals surface area contributed by atoms with Gasteiger partial charge in [-0.15, -0.1) is 0 Å². The van der Waals surface area contributed by atoms with E-state index >= 15 is 0 Å². The molecule has 7 nitrogen and oxygen atoms in total. The van der Waals surface area contributed by atoms with Gasteiger partial charge in [0.1, 0.15) is 5.82 Å². The first-order valence-electron chi connectivity index (χ1n) is 8.29. The van der Waals surface area contributed by atoms with E-state index in [-0.39, 0.29) is 4.90 Å². The number of aryl methyl sites for hydroxylation is 2. The standard InChI is InChI=1S/C19H17N5O2S/c1-13-6-9-21-18(10-13)24-19(11-14(2)22-24)23-27(25,26)17-5-3-4-15-12-20-8-7-16(15)17/h3-12,23H,1-2H3. The average Bonchev–Trinajstić information content (AvgIpc) is 3.00. The van der Waals surface area contributed by atoms with E-state index in [9.17, 15) is 8.42 Å². The second-order valence-electron chi connectivity index (χ2n) is 6.23. The molecule has 0 radical (unpaired) electrons. The molecule has 4 rings (SSSR count). The van der Waals surface area contributed by atoms with Crippen molar-refractivity contribution in [2.45, 2.75) is 18.7 Å². The average molecular weight is 379 g/mol. The van der Waals surface area contributed by atoms with Crippen molar-refractivity contribution in [1.82, 2.24) is 19.7 Å². The Morgan fingerprint density at radius 1 is 1.04 bits per heavy atom. The highest BCUT2D eigenvalue weighted by Crippen LogP contribution is 2.25. The maximum Gasteiger partial charge on any atom is 0.263 e. The van der Waals surface area contributed by atoms with E-state index in [4.69, 9.17) is 0 Å². The summed E-state index contributed by atoms with van der Waals surface area (Å²) in [5.74, 6) is 0.875. The lowest BCUT2D eigenvalue weighted by Gasteiger charge is -2.12. The molecule has 0 spiro atoms. The minimum absolute atomic E-state index is 0.185. The molecule has 3 aromatic heterocycles. The molecule has 0 aliphatic heterocycles. The lowest BCUT2D eigenvalue weighted by atomic mass is 10.2. The Morgan fingerprint density at radius 2 is 1.89 bits per heavy atom. The fraction of sp³-hybridized carbons (Fsp3) is 0.105. The van der Waals surface area contributed by atoms with Gasteiger partial charge in [0.05, 0.1) is 10.6 Å². The highest BCUT2D eigenvalue weighted by atomic mass is 32.2. The van der Waals surface area contributed by atoms with Crippen molar-refractivity contribution in [3.63, 3.8) is 0 Å². The summed E-state index contributed by atoms with van der Waals surface area (Å²) in [4.78, 5) is 8.53. The van der Waals surface area contributed by atoms with Crippen LogP contribution in [0.4, 0.5) is 5.82 Å². The molecule has 1 aromatic carbocycles. The lowest BCUT2D eigenvalue weighted by Crippen LogP contribution is -2.16. The van der Waals surface area contributed by atoms with E-state index in [0.29, 0.717) is 22.7 Å². The number of sulfonamides is 1. The Balaban J connectivity index is 1.80. The summed E-state index contributed by atoms with van der Waals surface area (Å²) in [6, 6.07) is 12.2. The molecule has 0 saturated heterocycles. The Kier molecular flexibility index (Phi) is 4.12. The molecule has 0 amide bonds. The number of nitrogens with one attached hydrogen (secondary N) is 1. The van der Waals surface area contributed by atoms with Crippen molar-refractivity contribution in [3.05, 3.63) is 72.3 Å². The molecule has 136 valence electrons. The largest absolute Gasteiger partial charge is 0.264 e. The number of fused-ring (bicyclic) bond motifs is 1. The third kappa shape index (κ3) is 3.26. The summed E-state index contributed by atoms with van der Waals surface area (Å²) in [6.07, 6.45) is 4.88. The van der Waals surface area contributed by atoms with Gasteiger partial charge in [-0.1, -0.05) is 12.1 Å². The van der Waals surface area contributed by atoms with Crippen LogP contribution < -0.4 is 4.72 Å². The number of benzene rings is 1. The van der Waals surface area contributed by atoms with Gasteiger partial charge >= 0.3 is 0 Å². The number of anilines is 1. The van der Waals surface area contributed by atoms with Gasteiger partial charge in [0.2, 0.25) is 0 Å². The predicted octanol–water partition coefficient (Wildman–Crippen LogP) is 3.23. The molecule has 1 N–H and O–H groups in total. The van der Waals surface area contributed by atoms with Gasteiger partial charge in [0.25, 0.3) is 10.0 Å². The van der Waals surface area contributed by atoms with Crippen LogP contribution in [-0.4, -0.2) is 28.2 Å². The van der Waals surface area contributed by atoms with Crippen LogP contribution in [0.15, 0.2) is 66.0 Å². The molecule has 4 aromatic rings. The normalized spacial score (nSPS) is 11.6. The van der Waals surface area contributed by atoms with Crippen LogP contribution >= 0.6 is 0 Å². The second kappa shape index (κ2) is 6.48. The zero-order chi connectivity index (χ0) is 19.0. The molecule has 0 fully saturated rings. The van der Waals surface area contributed by atoms with Crippen molar-refractivity contribution < 1.29 is 8.42 Å². The van der Waals surface area contributed by atoms with E-state index in [0.717, 1.165) is 10.9 Å². The number of hydrogen-bond donors (Lipinski definition) is 1. The van der Waals surface area contributed by atoms with Gasteiger partial charge in [0.15, 0.2) is 5.82 Å². The minimum Gasteiger partial charge on any atom is -0.264 e. The maximum atomic E-state index is 13.1. The highest BCUT2D eigenvalue weighted by molar-refractivity contribution is 7.93. The van der Waals surface area contributed by atoms with Crippen molar-refractivity contribution in [2.24, 2.45) is 0 Å². The van der Waals surface area contributed by atoms with E-state index in [1.54, 1.807) is 49.8 Å². The molecule has 8 heteroatoms. The summed E-state index contributed by atoms with van der Waals surface area (Å²) in [6.45, 7) is 3.74. The number of nitrogens with zero attached hydrogens (tertiary/aromatic N) is 4. The molecular weight excluding hydrogens is 362 g/mol. The topological polar surface area (TPSA) is 89.8 Å². The number of aromatic nitrogens is 4. The predicted molar refractivity (Wildman–Crippen MR) is 103 cm³/mol. The van der Waals surface area contributed by atoms with Crippen LogP contribution in [0, 0.1) is 13.8 Å². The van der Waals surface area contributed by atoms with Gasteiger partial charge in [-0.05, 0) is 43.7 Å². The molecule has 0 aliphatic rings. The van der Waals surface area contributed by atoms with Gasteiger partial charge in [-0.2, -0.15) is 9.78 Å². The molecular formula is C19H17N5O2S. The van der Waals surface area contributed by atoms with Crippen molar-refractivity contribution in [2.75, 3.05) is 4.72 Å². The quantitative estimate of drug-likeness (QED) is 0.588. The van der Waals surface area contributed by atoms with Crippen LogP contribution in [0.1, 0.15) is 11.3 Å². The summed E-state index contributed by atoms with van der Waals surface area (Å²) < 4.78 is 30.3. The van der Waals surface area contributed by atoms with E-state index in [2.05, 4.69) is 19.8 Å². The Labute approximate surface area is 156 Å². The Hall–Kier alpha value is -3.26. The van der Waals surface area contributed by atoms with Crippen molar-refractivity contribution in [3.8, 4) is 5.82 Å². The zero-order valence-corrected chi connectivity index (χ0v) is 15.6. The van der Waals surface area contributed by atoms with Gasteiger partial charge < -0.3 is 0 Å². The van der Waals surface area contributed by atoms with Crippen LogP contribution in [0.2, 0.25) is 0 Å². The first-order valence-corrected chi connectivity index (χ1v) is 9.78. The molecule has 0 aliphatic carbocycles. The molecule has 0 atom stereocenters. The third-order valence-corrected chi connectivity index (χ3v) is 5.53. The summed E-state index contributed by atoms with van der Waals surface area (Å²) in [5.41, 5.74) is 1.68. The number of pyridine rings is 2. The van der Waals surface area contributed by atoms with Crippen LogP contribution in [0.3, 0.4) is 0 Å². The molecule has 0 bridgehead atoms. The van der Waals surface area contributed by atoms with Crippen LogP contribution in [0.5, 0.6) is 0 Å². The van der Waals surface area contributed by atoms with Crippen molar-refractivity contribution in [1.29, 1.82) is 0 Å². The Morgan fingerprint density at radius 3 is 2.70 bits per heavy atom. The van der Waals surface area contributed by atoms with Gasteiger partial charge in [-0.25, -0.2) is 13.4 Å². The summed E-state index contributed by atoms with van der Waals surface area (Å²) in [7, 11) is -3.83. The van der Waals surface area contributed by atoms with Crippen LogP contribution in [-0.2, 0) is 10.0 Å². The highest BCUT2D eigenvalue weighted by Gasteiger charge is 2.20. The first-order chi connectivity index (χ1) is 12.9. The SMILES string of the molecule is Cc1ccnc(-n2nc(C)cc2NS(=O)(=O)c2cccc3cnccc23)c1. The van der Waals surface area contributed by atoms with Gasteiger partial charge in [0, 0.05) is 35.4 Å². The first kappa shape index (κ1) is 17.2. The van der Waals surface area contributed by atoms with E-state index in [1.807, 2.05) is 25.1 Å². The molecule has 27 heavy (non-hydrogen) atoms. The van der Waals surface area contributed by atoms with Crippen molar-refractivity contribution >= 4 is 26.6 Å². The van der Waals surface area contributed by atoms with E-state index < -0.39 is 10.0 Å². The van der Waals surface area contributed by atoms with Crippen LogP contribution in [0.25, 0.3) is 16.6 Å². The second-order valence-corrected chi connectivity index (χ2v) is 7.88. The minimum atomic E-state index is -3.83. The zero-order valence-electron chi connectivity index (χ0n) is 14.8. The third-order valence-electron chi connectivity index (χ3n) is 4.12. The monoisotopic (exact) mass is 379 g/mol. The fourth-order valence-electron chi connectivity index (χ4n) is 2.90. The summed E-state index contributed by atoms with van der Waals surface area (Å²) >= 11 is 0. The molecule has 0 saturated carbocycles. The lowest BCUT2D eigenvalue weighted by molar-refractivity contribution is 0.601. The summed E-state index contributed by atoms with van der Waals surface area (Å²) in [5, 5.41) is 5.74. The molecule has 0 unspecified atom stereocenters. The van der Waals surface area contributed by atoms with Gasteiger partial charge in [-0.3, -0.25) is 9.71 Å². The Bertz CT molecular complexity index is 1240.